The summed E-state index contributed by atoms with van der Waals surface area (Å²) in [4.78, 5) is 30.8. The van der Waals surface area contributed by atoms with Crippen molar-refractivity contribution >= 4 is 23.7 Å². The number of esters is 1. The van der Waals surface area contributed by atoms with Crippen LogP contribution in [0.15, 0.2) is 11.4 Å². The summed E-state index contributed by atoms with van der Waals surface area (Å²) in [5, 5.41) is 12.4. The Kier molecular flexibility index (Phi) is 8.48. The van der Waals surface area contributed by atoms with Gasteiger partial charge in [0.05, 0.1) is 0 Å². The number of carbonyl (C=O) groups is 2. The van der Waals surface area contributed by atoms with E-state index in [2.05, 4.69) is 15.3 Å². The van der Waals surface area contributed by atoms with Gasteiger partial charge in [-0.05, 0) is 6.26 Å². The number of rotatable bonds is 10. The Morgan fingerprint density at radius 3 is 2.65 bits per heavy atom. The first-order valence-corrected chi connectivity index (χ1v) is 7.83. The number of carboxylic acids is 1. The van der Waals surface area contributed by atoms with Crippen molar-refractivity contribution in [1.29, 1.82) is 0 Å². The Bertz CT molecular complexity index is 538. The van der Waals surface area contributed by atoms with Gasteiger partial charge in [0.15, 0.2) is 17.1 Å². The minimum Gasteiger partial charge on any atom is -0.476 e. The van der Waals surface area contributed by atoms with Crippen LogP contribution in [0, 0.1) is 0 Å². The Morgan fingerprint density at radius 1 is 1.39 bits per heavy atom. The molecule has 10 heteroatoms. The number of carboxylic acid groups (broad SMARTS) is 1. The standard InChI is InChI=1S/C13H19N3O6S/c1-20-9(21-2)7-14-4-5-22-12(19)8-6-15-13(23-3)16-10(8)11(17)18/h6,9,14H,4-5,7H2,1-3H3,(H,17,18). The fourth-order valence-electron chi connectivity index (χ4n) is 1.55. The quantitative estimate of drug-likeness (QED) is 0.201. The zero-order chi connectivity index (χ0) is 17.2. The molecular weight excluding hydrogens is 326 g/mol. The fraction of sp³-hybridized carbons (Fsp3) is 0.538. The van der Waals surface area contributed by atoms with E-state index in [4.69, 9.17) is 19.3 Å². The molecule has 0 saturated heterocycles. The third-order valence-electron chi connectivity index (χ3n) is 2.72. The topological polar surface area (TPSA) is 120 Å². The molecule has 1 aromatic rings. The maximum Gasteiger partial charge on any atom is 0.355 e. The van der Waals surface area contributed by atoms with Crippen LogP contribution in [0.25, 0.3) is 0 Å². The molecule has 0 unspecified atom stereocenters. The molecule has 1 aromatic heterocycles. The van der Waals surface area contributed by atoms with Crippen LogP contribution in [-0.2, 0) is 14.2 Å². The SMILES string of the molecule is COC(CNCCOC(=O)c1cnc(SC)nc1C(=O)O)OC. The number of aromatic carboxylic acids is 1. The minimum absolute atomic E-state index is 0.0579. The summed E-state index contributed by atoms with van der Waals surface area (Å²) >= 11 is 1.18. The predicted octanol–water partition coefficient (Wildman–Crippen LogP) is 0.262. The number of thioether (sulfide) groups is 1. The van der Waals surface area contributed by atoms with Crippen molar-refractivity contribution in [2.24, 2.45) is 0 Å². The summed E-state index contributed by atoms with van der Waals surface area (Å²) in [5.41, 5.74) is -0.553. The first-order valence-electron chi connectivity index (χ1n) is 6.61. The molecule has 0 atom stereocenters. The number of carbonyl (C=O) groups excluding carboxylic acids is 1. The molecule has 128 valence electrons. The molecule has 9 nitrogen and oxygen atoms in total. The van der Waals surface area contributed by atoms with E-state index in [-0.39, 0.29) is 23.0 Å². The number of nitrogens with one attached hydrogen (secondary N) is 1. The Hall–Kier alpha value is -1.75. The first-order chi connectivity index (χ1) is 11.0. The van der Waals surface area contributed by atoms with E-state index in [9.17, 15) is 9.59 Å². The summed E-state index contributed by atoms with van der Waals surface area (Å²) in [6.45, 7) is 0.847. The van der Waals surface area contributed by atoms with E-state index in [0.717, 1.165) is 6.20 Å². The number of methoxy groups -OCH3 is 2. The van der Waals surface area contributed by atoms with Crippen LogP contribution in [-0.4, -0.2) is 73.5 Å². The van der Waals surface area contributed by atoms with Gasteiger partial charge in [-0.2, -0.15) is 0 Å². The van der Waals surface area contributed by atoms with Crippen LogP contribution in [0.5, 0.6) is 0 Å². The highest BCUT2D eigenvalue weighted by atomic mass is 32.2. The van der Waals surface area contributed by atoms with Crippen molar-refractivity contribution in [1.82, 2.24) is 15.3 Å². The zero-order valence-corrected chi connectivity index (χ0v) is 13.9. The van der Waals surface area contributed by atoms with E-state index < -0.39 is 18.2 Å². The van der Waals surface area contributed by atoms with E-state index >= 15 is 0 Å². The van der Waals surface area contributed by atoms with Crippen LogP contribution in [0.4, 0.5) is 0 Å². The molecule has 0 radical (unpaired) electrons. The molecule has 2 N–H and O–H groups in total. The molecule has 23 heavy (non-hydrogen) atoms. The normalized spacial score (nSPS) is 10.8. The van der Waals surface area contributed by atoms with Crippen LogP contribution in [0.2, 0.25) is 0 Å². The molecule has 0 aliphatic rings. The number of ether oxygens (including phenoxy) is 3. The second-order valence-corrected chi connectivity index (χ2v) is 4.94. The van der Waals surface area contributed by atoms with Gasteiger partial charge in [0, 0.05) is 33.5 Å². The summed E-state index contributed by atoms with van der Waals surface area (Å²) in [5.74, 6) is -2.09. The number of aromatic nitrogens is 2. The molecule has 0 aliphatic heterocycles. The van der Waals surface area contributed by atoms with Crippen molar-refractivity contribution in [3.8, 4) is 0 Å². The number of hydrogen-bond acceptors (Lipinski definition) is 9. The average molecular weight is 345 g/mol. The summed E-state index contributed by atoms with van der Waals surface area (Å²) < 4.78 is 15.0. The van der Waals surface area contributed by atoms with Gasteiger partial charge in [-0.25, -0.2) is 19.6 Å². The van der Waals surface area contributed by atoms with Crippen LogP contribution < -0.4 is 5.32 Å². The maximum atomic E-state index is 11.9. The van der Waals surface area contributed by atoms with Gasteiger partial charge in [-0.15, -0.1) is 0 Å². The predicted molar refractivity (Wildman–Crippen MR) is 81.7 cm³/mol. The van der Waals surface area contributed by atoms with E-state index in [1.54, 1.807) is 6.26 Å². The lowest BCUT2D eigenvalue weighted by molar-refractivity contribution is -0.0989. The third-order valence-corrected chi connectivity index (χ3v) is 3.28. The average Bonchev–Trinajstić information content (AvgIpc) is 2.57. The van der Waals surface area contributed by atoms with Crippen LogP contribution in [0.3, 0.4) is 0 Å². The van der Waals surface area contributed by atoms with Gasteiger partial charge in [0.2, 0.25) is 0 Å². The summed E-state index contributed by atoms with van der Waals surface area (Å²) in [6.07, 6.45) is 2.47. The number of hydrogen-bond donors (Lipinski definition) is 2. The second-order valence-electron chi connectivity index (χ2n) is 4.17. The van der Waals surface area contributed by atoms with Gasteiger partial charge in [-0.3, -0.25) is 0 Å². The number of nitrogens with zero attached hydrogens (tertiary/aromatic N) is 2. The smallest absolute Gasteiger partial charge is 0.355 e. The lowest BCUT2D eigenvalue weighted by Gasteiger charge is -2.14. The monoisotopic (exact) mass is 345 g/mol. The highest BCUT2D eigenvalue weighted by Gasteiger charge is 2.21. The largest absolute Gasteiger partial charge is 0.476 e. The Labute approximate surface area is 137 Å². The third kappa shape index (κ3) is 6.10. The lowest BCUT2D eigenvalue weighted by atomic mass is 10.2. The van der Waals surface area contributed by atoms with Gasteiger partial charge in [-0.1, -0.05) is 11.8 Å². The van der Waals surface area contributed by atoms with Crippen molar-refractivity contribution in [3.63, 3.8) is 0 Å². The van der Waals surface area contributed by atoms with Crippen LogP contribution in [0.1, 0.15) is 20.8 Å². The minimum atomic E-state index is -1.31. The molecule has 0 saturated carbocycles. The molecule has 0 fully saturated rings. The lowest BCUT2D eigenvalue weighted by Crippen LogP contribution is -2.32. The Morgan fingerprint density at radius 2 is 2.09 bits per heavy atom. The first kappa shape index (κ1) is 19.3. The fourth-order valence-corrected chi connectivity index (χ4v) is 1.89. The van der Waals surface area contributed by atoms with Gasteiger partial charge in [0.25, 0.3) is 0 Å². The van der Waals surface area contributed by atoms with Crippen molar-refractivity contribution in [3.05, 3.63) is 17.5 Å². The molecule has 0 aromatic carbocycles. The highest BCUT2D eigenvalue weighted by molar-refractivity contribution is 7.98. The molecule has 1 rings (SSSR count). The maximum absolute atomic E-state index is 11.9. The summed E-state index contributed by atoms with van der Waals surface area (Å²) in [7, 11) is 3.03. The van der Waals surface area contributed by atoms with Crippen molar-refractivity contribution in [2.45, 2.75) is 11.4 Å². The molecule has 1 heterocycles. The second kappa shape index (κ2) is 10.1. The van der Waals surface area contributed by atoms with Gasteiger partial charge < -0.3 is 24.6 Å². The summed E-state index contributed by atoms with van der Waals surface area (Å²) in [6, 6.07) is 0. The zero-order valence-electron chi connectivity index (χ0n) is 13.1. The van der Waals surface area contributed by atoms with E-state index in [1.807, 2.05) is 0 Å². The Balaban J connectivity index is 2.53. The van der Waals surface area contributed by atoms with Gasteiger partial charge >= 0.3 is 11.9 Å². The van der Waals surface area contributed by atoms with Gasteiger partial charge in [0.1, 0.15) is 12.2 Å². The highest BCUT2D eigenvalue weighted by Crippen LogP contribution is 2.13. The van der Waals surface area contributed by atoms with Crippen molar-refractivity contribution < 1.29 is 28.9 Å². The molecule has 0 spiro atoms. The van der Waals surface area contributed by atoms with E-state index in [0.29, 0.717) is 13.1 Å². The van der Waals surface area contributed by atoms with Crippen LogP contribution >= 0.6 is 11.8 Å². The van der Waals surface area contributed by atoms with E-state index in [1.165, 1.54) is 26.0 Å². The van der Waals surface area contributed by atoms with Crippen molar-refractivity contribution in [2.75, 3.05) is 40.2 Å². The molecule has 0 amide bonds. The molecule has 0 aliphatic carbocycles. The molecule has 0 bridgehead atoms. The molecular formula is C13H19N3O6S.